The molecule has 1 aliphatic rings. The summed E-state index contributed by atoms with van der Waals surface area (Å²) in [6.45, 7) is 2.17. The Hall–Kier alpha value is -0.490. The van der Waals surface area contributed by atoms with Gasteiger partial charge in [0.25, 0.3) is 0 Å². The van der Waals surface area contributed by atoms with Gasteiger partial charge in [-0.3, -0.25) is 0 Å². The van der Waals surface area contributed by atoms with Crippen LogP contribution in [0.2, 0.25) is 0 Å². The van der Waals surface area contributed by atoms with Crippen molar-refractivity contribution in [3.05, 3.63) is 35.4 Å². The van der Waals surface area contributed by atoms with E-state index in [1.54, 1.807) is 0 Å². The molecule has 1 aliphatic carbocycles. The molecule has 0 fully saturated rings. The highest BCUT2D eigenvalue weighted by atomic mass is 35.5. The fourth-order valence-electron chi connectivity index (χ4n) is 2.21. The summed E-state index contributed by atoms with van der Waals surface area (Å²) >= 11 is 6.42. The van der Waals surface area contributed by atoms with Crippen molar-refractivity contribution in [3.8, 4) is 0 Å². The first kappa shape index (κ1) is 10.0. The summed E-state index contributed by atoms with van der Waals surface area (Å²) in [5.74, 6) is 0. The molecule has 1 atom stereocenters. The average Bonchev–Trinajstić information content (AvgIpc) is 2.14. The zero-order chi connectivity index (χ0) is 10.0. The van der Waals surface area contributed by atoms with Crippen molar-refractivity contribution in [1.29, 1.82) is 0 Å². The minimum Gasteiger partial charge on any atom is -0.120 e. The normalized spacial score (nSPS) is 27.6. The van der Waals surface area contributed by atoms with Crippen LogP contribution < -0.4 is 0 Å². The summed E-state index contributed by atoms with van der Waals surface area (Å²) in [5, 5.41) is 0. The fourth-order valence-corrected chi connectivity index (χ4v) is 2.44. The minimum absolute atomic E-state index is 0.0214. The van der Waals surface area contributed by atoms with Crippen molar-refractivity contribution in [2.24, 2.45) is 0 Å². The van der Waals surface area contributed by atoms with E-state index >= 15 is 0 Å². The van der Waals surface area contributed by atoms with Crippen LogP contribution in [0.25, 0.3) is 0 Å². The molecule has 14 heavy (non-hydrogen) atoms. The Labute approximate surface area is 91.3 Å². The van der Waals surface area contributed by atoms with Crippen LogP contribution in [0.3, 0.4) is 0 Å². The van der Waals surface area contributed by atoms with E-state index in [-0.39, 0.29) is 4.87 Å². The lowest BCUT2D eigenvalue weighted by molar-refractivity contribution is 0.498. The van der Waals surface area contributed by atoms with E-state index in [1.165, 1.54) is 24.0 Å². The number of aryl methyl sites for hydroxylation is 2. The quantitative estimate of drug-likeness (QED) is 0.567. The molecule has 0 aromatic heterocycles. The van der Waals surface area contributed by atoms with Gasteiger partial charge < -0.3 is 0 Å². The highest BCUT2D eigenvalue weighted by Gasteiger charge is 2.22. The first-order valence-corrected chi connectivity index (χ1v) is 5.81. The first-order valence-electron chi connectivity index (χ1n) is 5.43. The van der Waals surface area contributed by atoms with Crippen LogP contribution in [0.4, 0.5) is 0 Å². The third-order valence-corrected chi connectivity index (χ3v) is 3.56. The SMILES string of the molecule is CC1(Cl)CCCc2ccccc2CC1. The van der Waals surface area contributed by atoms with E-state index < -0.39 is 0 Å². The molecule has 0 N–H and O–H groups in total. The standard InChI is InChI=1S/C13H17Cl/c1-13(14)9-4-7-11-5-2-3-6-12(11)8-10-13/h2-3,5-6H,4,7-10H2,1H3. The second-order valence-electron chi connectivity index (χ2n) is 4.54. The number of fused-ring (bicyclic) bond motifs is 1. The molecular formula is C13H17Cl. The van der Waals surface area contributed by atoms with Gasteiger partial charge in [0, 0.05) is 4.87 Å². The molecule has 1 heteroatoms. The second kappa shape index (κ2) is 3.94. The first-order chi connectivity index (χ1) is 6.67. The molecule has 76 valence electrons. The van der Waals surface area contributed by atoms with Crippen LogP contribution in [0.15, 0.2) is 24.3 Å². The summed E-state index contributed by atoms with van der Waals surface area (Å²) in [7, 11) is 0. The maximum Gasteiger partial charge on any atom is 0.0422 e. The minimum atomic E-state index is 0.0214. The van der Waals surface area contributed by atoms with Crippen molar-refractivity contribution in [1.82, 2.24) is 0 Å². The van der Waals surface area contributed by atoms with E-state index in [4.69, 9.17) is 11.6 Å². The van der Waals surface area contributed by atoms with Crippen molar-refractivity contribution >= 4 is 11.6 Å². The van der Waals surface area contributed by atoms with Crippen molar-refractivity contribution in [3.63, 3.8) is 0 Å². The number of hydrogen-bond acceptors (Lipinski definition) is 0. The van der Waals surface area contributed by atoms with Gasteiger partial charge in [0.2, 0.25) is 0 Å². The number of halogens is 1. The van der Waals surface area contributed by atoms with Crippen molar-refractivity contribution < 1.29 is 0 Å². The average molecular weight is 209 g/mol. The van der Waals surface area contributed by atoms with E-state index in [1.807, 2.05) is 0 Å². The van der Waals surface area contributed by atoms with Crippen LogP contribution in [-0.4, -0.2) is 4.87 Å². The van der Waals surface area contributed by atoms with E-state index in [9.17, 15) is 0 Å². The molecule has 2 rings (SSSR count). The Morgan fingerprint density at radius 2 is 1.71 bits per heavy atom. The Bertz CT molecular complexity index is 315. The van der Waals surface area contributed by atoms with Gasteiger partial charge in [-0.25, -0.2) is 0 Å². The molecule has 0 spiro atoms. The number of benzene rings is 1. The Kier molecular flexibility index (Phi) is 2.83. The maximum absolute atomic E-state index is 6.42. The van der Waals surface area contributed by atoms with Gasteiger partial charge in [-0.15, -0.1) is 11.6 Å². The molecule has 0 amide bonds. The molecule has 0 heterocycles. The topological polar surface area (TPSA) is 0 Å². The van der Waals surface area contributed by atoms with Gasteiger partial charge in [0.15, 0.2) is 0 Å². The Morgan fingerprint density at radius 1 is 1.07 bits per heavy atom. The van der Waals surface area contributed by atoms with Crippen LogP contribution >= 0.6 is 11.6 Å². The molecule has 0 saturated heterocycles. The third-order valence-electron chi connectivity index (χ3n) is 3.18. The third kappa shape index (κ3) is 2.30. The molecule has 0 bridgehead atoms. The lowest BCUT2D eigenvalue weighted by Crippen LogP contribution is -2.20. The predicted molar refractivity (Wildman–Crippen MR) is 62.0 cm³/mol. The summed E-state index contributed by atoms with van der Waals surface area (Å²) in [4.78, 5) is 0.0214. The van der Waals surface area contributed by atoms with Crippen molar-refractivity contribution in [2.75, 3.05) is 0 Å². The highest BCUT2D eigenvalue weighted by Crippen LogP contribution is 2.31. The van der Waals surface area contributed by atoms with Gasteiger partial charge >= 0.3 is 0 Å². The van der Waals surface area contributed by atoms with Gasteiger partial charge in [0.1, 0.15) is 0 Å². The summed E-state index contributed by atoms with van der Waals surface area (Å²) in [6, 6.07) is 8.77. The zero-order valence-electron chi connectivity index (χ0n) is 8.72. The highest BCUT2D eigenvalue weighted by molar-refractivity contribution is 6.23. The molecule has 0 nitrogen and oxygen atoms in total. The molecule has 1 aromatic carbocycles. The molecule has 1 unspecified atom stereocenters. The number of alkyl halides is 1. The largest absolute Gasteiger partial charge is 0.120 e. The van der Waals surface area contributed by atoms with Gasteiger partial charge in [0.05, 0.1) is 0 Å². The Balaban J connectivity index is 2.21. The summed E-state index contributed by atoms with van der Waals surface area (Å²) in [5.41, 5.74) is 3.03. The number of hydrogen-bond donors (Lipinski definition) is 0. The van der Waals surface area contributed by atoms with Gasteiger partial charge in [-0.1, -0.05) is 24.3 Å². The zero-order valence-corrected chi connectivity index (χ0v) is 9.48. The lowest BCUT2D eigenvalue weighted by atomic mass is 9.88. The summed E-state index contributed by atoms with van der Waals surface area (Å²) < 4.78 is 0. The van der Waals surface area contributed by atoms with Gasteiger partial charge in [-0.2, -0.15) is 0 Å². The van der Waals surface area contributed by atoms with Crippen LogP contribution in [0.1, 0.15) is 37.3 Å². The van der Waals surface area contributed by atoms with E-state index in [0.717, 1.165) is 19.3 Å². The molecule has 1 aromatic rings. The number of rotatable bonds is 0. The summed E-state index contributed by atoms with van der Waals surface area (Å²) in [6.07, 6.45) is 5.79. The van der Waals surface area contributed by atoms with Crippen LogP contribution in [0, 0.1) is 0 Å². The molecule has 0 saturated carbocycles. The smallest absolute Gasteiger partial charge is 0.0422 e. The maximum atomic E-state index is 6.42. The Morgan fingerprint density at radius 3 is 2.43 bits per heavy atom. The molecule has 0 radical (unpaired) electrons. The monoisotopic (exact) mass is 208 g/mol. The second-order valence-corrected chi connectivity index (χ2v) is 5.45. The van der Waals surface area contributed by atoms with Crippen LogP contribution in [-0.2, 0) is 12.8 Å². The predicted octanol–water partition coefficient (Wildman–Crippen LogP) is 3.95. The fraction of sp³-hybridized carbons (Fsp3) is 0.538. The van der Waals surface area contributed by atoms with E-state index in [0.29, 0.717) is 0 Å². The van der Waals surface area contributed by atoms with Crippen molar-refractivity contribution in [2.45, 2.75) is 43.9 Å². The van der Waals surface area contributed by atoms with Crippen LogP contribution in [0.5, 0.6) is 0 Å². The van der Waals surface area contributed by atoms with E-state index in [2.05, 4.69) is 31.2 Å². The lowest BCUT2D eigenvalue weighted by Gasteiger charge is -2.25. The molecule has 0 aliphatic heterocycles. The molecular weight excluding hydrogens is 192 g/mol. The van der Waals surface area contributed by atoms with Gasteiger partial charge in [-0.05, 0) is 50.2 Å².